The van der Waals surface area contributed by atoms with Crippen LogP contribution in [0, 0.1) is 6.92 Å². The number of benzene rings is 2. The summed E-state index contributed by atoms with van der Waals surface area (Å²) in [5.41, 5.74) is 3.99. The highest BCUT2D eigenvalue weighted by molar-refractivity contribution is 5.80. The van der Waals surface area contributed by atoms with Crippen molar-refractivity contribution in [2.24, 2.45) is 0 Å². The van der Waals surface area contributed by atoms with E-state index in [4.69, 9.17) is 0 Å². The van der Waals surface area contributed by atoms with Crippen LogP contribution in [0.5, 0.6) is 0 Å². The van der Waals surface area contributed by atoms with Crippen molar-refractivity contribution in [1.29, 1.82) is 0 Å². The van der Waals surface area contributed by atoms with Crippen LogP contribution < -0.4 is 10.9 Å². The highest BCUT2D eigenvalue weighted by Gasteiger charge is 2.12. The summed E-state index contributed by atoms with van der Waals surface area (Å²) in [6.07, 6.45) is 0. The molecule has 2 aromatic carbocycles. The van der Waals surface area contributed by atoms with Gasteiger partial charge in [-0.05, 0) is 48.7 Å². The van der Waals surface area contributed by atoms with Crippen LogP contribution >= 0.6 is 0 Å². The van der Waals surface area contributed by atoms with Crippen molar-refractivity contribution in [2.45, 2.75) is 13.0 Å². The van der Waals surface area contributed by atoms with E-state index in [2.05, 4.69) is 34.6 Å². The average molecular weight is 278 g/mol. The van der Waals surface area contributed by atoms with Crippen molar-refractivity contribution in [1.82, 2.24) is 10.3 Å². The maximum atomic E-state index is 11.7. The van der Waals surface area contributed by atoms with Crippen molar-refractivity contribution in [3.8, 4) is 0 Å². The Kier molecular flexibility index (Phi) is 3.59. The summed E-state index contributed by atoms with van der Waals surface area (Å²) in [4.78, 5) is 14.6. The molecule has 2 N–H and O–H groups in total. The molecular weight excluding hydrogens is 260 g/mol. The van der Waals surface area contributed by atoms with Crippen molar-refractivity contribution in [3.63, 3.8) is 0 Å². The molecule has 3 aromatic rings. The number of aromatic amines is 1. The summed E-state index contributed by atoms with van der Waals surface area (Å²) in [5.74, 6) is 0. The molecule has 3 heteroatoms. The van der Waals surface area contributed by atoms with Gasteiger partial charge in [0, 0.05) is 11.1 Å². The quantitative estimate of drug-likeness (QED) is 0.773. The molecule has 0 bridgehead atoms. The molecular formula is C18H18N2O. The van der Waals surface area contributed by atoms with Crippen LogP contribution in [-0.4, -0.2) is 12.0 Å². The van der Waals surface area contributed by atoms with Gasteiger partial charge >= 0.3 is 0 Å². The molecule has 1 atom stereocenters. The summed E-state index contributed by atoms with van der Waals surface area (Å²) in [6.45, 7) is 1.83. The second-order valence-electron chi connectivity index (χ2n) is 5.26. The molecule has 3 nitrogen and oxygen atoms in total. The van der Waals surface area contributed by atoms with E-state index in [1.165, 1.54) is 11.1 Å². The lowest BCUT2D eigenvalue weighted by atomic mass is 9.97. The molecule has 0 spiro atoms. The first-order valence-corrected chi connectivity index (χ1v) is 7.05. The number of hydrogen-bond acceptors (Lipinski definition) is 2. The molecule has 0 aliphatic rings. The molecule has 0 radical (unpaired) electrons. The number of rotatable bonds is 3. The van der Waals surface area contributed by atoms with Gasteiger partial charge in [0.05, 0.1) is 6.04 Å². The lowest BCUT2D eigenvalue weighted by Gasteiger charge is -2.17. The van der Waals surface area contributed by atoms with Gasteiger partial charge < -0.3 is 10.3 Å². The summed E-state index contributed by atoms with van der Waals surface area (Å²) < 4.78 is 0. The van der Waals surface area contributed by atoms with E-state index in [1.54, 1.807) is 0 Å². The molecule has 106 valence electrons. The molecule has 21 heavy (non-hydrogen) atoms. The fourth-order valence-corrected chi connectivity index (χ4v) is 2.68. The highest BCUT2D eigenvalue weighted by Crippen LogP contribution is 2.24. The number of nitrogens with one attached hydrogen (secondary N) is 2. The Morgan fingerprint density at radius 1 is 1.00 bits per heavy atom. The molecule has 0 saturated carbocycles. The van der Waals surface area contributed by atoms with Crippen molar-refractivity contribution < 1.29 is 0 Å². The predicted molar refractivity (Wildman–Crippen MR) is 86.7 cm³/mol. The number of aryl methyl sites for hydroxylation is 1. The van der Waals surface area contributed by atoms with Crippen LogP contribution in [0.25, 0.3) is 10.9 Å². The largest absolute Gasteiger partial charge is 0.322 e. The molecule has 1 heterocycles. The van der Waals surface area contributed by atoms with Crippen LogP contribution in [0.2, 0.25) is 0 Å². The molecule has 0 amide bonds. The van der Waals surface area contributed by atoms with Crippen molar-refractivity contribution >= 4 is 10.9 Å². The predicted octanol–water partition coefficient (Wildman–Crippen LogP) is 3.15. The van der Waals surface area contributed by atoms with E-state index in [9.17, 15) is 4.79 Å². The van der Waals surface area contributed by atoms with Gasteiger partial charge in [0.1, 0.15) is 0 Å². The Labute approximate surface area is 123 Å². The van der Waals surface area contributed by atoms with Crippen LogP contribution in [0.15, 0.2) is 59.4 Å². The van der Waals surface area contributed by atoms with Crippen LogP contribution in [0.4, 0.5) is 0 Å². The molecule has 1 unspecified atom stereocenters. The zero-order valence-corrected chi connectivity index (χ0v) is 12.2. The van der Waals surface area contributed by atoms with E-state index >= 15 is 0 Å². The Morgan fingerprint density at radius 2 is 1.76 bits per heavy atom. The minimum Gasteiger partial charge on any atom is -0.322 e. The number of pyridine rings is 1. The third kappa shape index (κ3) is 2.60. The lowest BCUT2D eigenvalue weighted by molar-refractivity contribution is 0.692. The Bertz CT molecular complexity index is 821. The number of hydrogen-bond donors (Lipinski definition) is 2. The van der Waals surface area contributed by atoms with E-state index in [-0.39, 0.29) is 11.6 Å². The van der Waals surface area contributed by atoms with E-state index in [0.717, 1.165) is 16.5 Å². The molecule has 0 fully saturated rings. The SMILES string of the molecule is CNC(c1ccccc1)c1ccc2[nH]c(=O)c(C)cc2c1. The van der Waals surface area contributed by atoms with E-state index < -0.39 is 0 Å². The third-order valence-corrected chi connectivity index (χ3v) is 3.81. The van der Waals surface area contributed by atoms with Gasteiger partial charge in [-0.1, -0.05) is 36.4 Å². The van der Waals surface area contributed by atoms with Crippen LogP contribution in [-0.2, 0) is 0 Å². The molecule has 0 aliphatic carbocycles. The standard InChI is InChI=1S/C18H18N2O/c1-12-10-15-11-14(8-9-16(15)20-18(12)21)17(19-2)13-6-4-3-5-7-13/h3-11,17,19H,1-2H3,(H,20,21). The Balaban J connectivity index is 2.11. The van der Waals surface area contributed by atoms with Gasteiger partial charge in [0.2, 0.25) is 0 Å². The van der Waals surface area contributed by atoms with Crippen LogP contribution in [0.1, 0.15) is 22.7 Å². The van der Waals surface area contributed by atoms with Gasteiger partial charge in [-0.3, -0.25) is 4.79 Å². The summed E-state index contributed by atoms with van der Waals surface area (Å²) in [7, 11) is 1.96. The fraction of sp³-hybridized carbons (Fsp3) is 0.167. The summed E-state index contributed by atoms with van der Waals surface area (Å²) in [5, 5.41) is 4.41. The summed E-state index contributed by atoms with van der Waals surface area (Å²) >= 11 is 0. The van der Waals surface area contributed by atoms with Crippen molar-refractivity contribution in [3.05, 3.63) is 81.6 Å². The lowest BCUT2D eigenvalue weighted by Crippen LogP contribution is -2.17. The smallest absolute Gasteiger partial charge is 0.251 e. The summed E-state index contributed by atoms with van der Waals surface area (Å²) in [6, 6.07) is 18.6. The number of fused-ring (bicyclic) bond motifs is 1. The van der Waals surface area contributed by atoms with Gasteiger partial charge in [0.25, 0.3) is 5.56 Å². The fourth-order valence-electron chi connectivity index (χ4n) is 2.68. The molecule has 0 saturated heterocycles. The number of H-pyrrole nitrogens is 1. The first-order valence-electron chi connectivity index (χ1n) is 7.05. The average Bonchev–Trinajstić information content (AvgIpc) is 2.50. The Morgan fingerprint density at radius 3 is 2.48 bits per heavy atom. The normalized spacial score (nSPS) is 12.5. The first kappa shape index (κ1) is 13.6. The molecule has 0 aliphatic heterocycles. The third-order valence-electron chi connectivity index (χ3n) is 3.81. The second-order valence-corrected chi connectivity index (χ2v) is 5.26. The van der Waals surface area contributed by atoms with Gasteiger partial charge in [-0.15, -0.1) is 0 Å². The monoisotopic (exact) mass is 278 g/mol. The maximum Gasteiger partial charge on any atom is 0.251 e. The molecule has 1 aromatic heterocycles. The first-order chi connectivity index (χ1) is 10.2. The van der Waals surface area contributed by atoms with Crippen LogP contribution in [0.3, 0.4) is 0 Å². The minimum atomic E-state index is -0.0246. The topological polar surface area (TPSA) is 44.9 Å². The van der Waals surface area contributed by atoms with E-state index in [0.29, 0.717) is 0 Å². The minimum absolute atomic E-state index is 0.0246. The highest BCUT2D eigenvalue weighted by atomic mass is 16.1. The zero-order chi connectivity index (χ0) is 14.8. The van der Waals surface area contributed by atoms with Gasteiger partial charge in [0.15, 0.2) is 0 Å². The van der Waals surface area contributed by atoms with Crippen molar-refractivity contribution in [2.75, 3.05) is 7.05 Å². The maximum absolute atomic E-state index is 11.7. The molecule has 3 rings (SSSR count). The second kappa shape index (κ2) is 5.54. The zero-order valence-electron chi connectivity index (χ0n) is 12.2. The van der Waals surface area contributed by atoms with Gasteiger partial charge in [-0.2, -0.15) is 0 Å². The van der Waals surface area contributed by atoms with E-state index in [1.807, 2.05) is 44.3 Å². The van der Waals surface area contributed by atoms with Gasteiger partial charge in [-0.25, -0.2) is 0 Å². The number of aromatic nitrogens is 1. The Hall–Kier alpha value is -2.39.